The maximum Gasteiger partial charge on any atom is 0.243 e. The third kappa shape index (κ3) is 5.00. The number of hydrogen-bond acceptors (Lipinski definition) is 3. The van der Waals surface area contributed by atoms with Crippen molar-refractivity contribution < 1.29 is 13.2 Å². The molecule has 29 heavy (non-hydrogen) atoms. The Labute approximate surface area is 178 Å². The maximum absolute atomic E-state index is 12.9. The van der Waals surface area contributed by atoms with Crippen LogP contribution < -0.4 is 5.32 Å². The van der Waals surface area contributed by atoms with Crippen molar-refractivity contribution >= 4 is 27.5 Å². The minimum absolute atomic E-state index is 0.103. The van der Waals surface area contributed by atoms with Gasteiger partial charge in [-0.15, -0.1) is 0 Å². The van der Waals surface area contributed by atoms with Crippen LogP contribution in [0.3, 0.4) is 0 Å². The normalized spacial score (nSPS) is 19.0. The first kappa shape index (κ1) is 21.8. The number of rotatable bonds is 5. The quantitative estimate of drug-likeness (QED) is 0.765. The van der Waals surface area contributed by atoms with E-state index in [2.05, 4.69) is 11.4 Å². The molecule has 1 N–H and O–H groups in total. The predicted octanol–water partition coefficient (Wildman–Crippen LogP) is 4.23. The van der Waals surface area contributed by atoms with Crippen LogP contribution in [0.15, 0.2) is 47.4 Å². The first-order valence-corrected chi connectivity index (χ1v) is 11.6. The lowest BCUT2D eigenvalue weighted by molar-refractivity contribution is -0.126. The van der Waals surface area contributed by atoms with Crippen molar-refractivity contribution in [1.29, 1.82) is 0 Å². The molecule has 0 unspecified atom stereocenters. The van der Waals surface area contributed by atoms with E-state index < -0.39 is 10.0 Å². The molecule has 3 rings (SSSR count). The van der Waals surface area contributed by atoms with Gasteiger partial charge in [-0.1, -0.05) is 35.4 Å². The Morgan fingerprint density at radius 3 is 2.52 bits per heavy atom. The van der Waals surface area contributed by atoms with E-state index in [1.165, 1.54) is 22.0 Å². The number of halogens is 1. The monoisotopic (exact) mass is 434 g/mol. The van der Waals surface area contributed by atoms with E-state index in [1.807, 2.05) is 32.9 Å². The number of nitrogens with zero attached hydrogens (tertiary/aromatic N) is 1. The highest BCUT2D eigenvalue weighted by Gasteiger charge is 2.33. The van der Waals surface area contributed by atoms with Crippen LogP contribution in [0.5, 0.6) is 0 Å². The van der Waals surface area contributed by atoms with Gasteiger partial charge in [-0.2, -0.15) is 4.31 Å². The molecule has 156 valence electrons. The van der Waals surface area contributed by atoms with Crippen molar-refractivity contribution in [3.8, 4) is 0 Å². The topological polar surface area (TPSA) is 66.5 Å². The number of sulfonamides is 1. The third-order valence-electron chi connectivity index (χ3n) is 5.46. The first-order valence-electron chi connectivity index (χ1n) is 9.81. The Kier molecular flexibility index (Phi) is 6.66. The number of nitrogens with one attached hydrogen (secondary N) is 1. The average molecular weight is 435 g/mol. The van der Waals surface area contributed by atoms with Gasteiger partial charge in [0.2, 0.25) is 15.9 Å². The van der Waals surface area contributed by atoms with Crippen LogP contribution in [0.2, 0.25) is 5.02 Å². The van der Waals surface area contributed by atoms with Crippen molar-refractivity contribution in [3.05, 3.63) is 64.2 Å². The van der Waals surface area contributed by atoms with Crippen molar-refractivity contribution in [2.45, 2.75) is 44.6 Å². The lowest BCUT2D eigenvalue weighted by Gasteiger charge is -2.32. The van der Waals surface area contributed by atoms with Crippen molar-refractivity contribution in [2.24, 2.45) is 5.92 Å². The molecule has 1 fully saturated rings. The summed E-state index contributed by atoms with van der Waals surface area (Å²) < 4.78 is 27.3. The number of carbonyl (C=O) groups excluding carboxylic acids is 1. The molecule has 7 heteroatoms. The van der Waals surface area contributed by atoms with Crippen LogP contribution in [0.1, 0.15) is 42.5 Å². The Balaban J connectivity index is 1.69. The Hall–Kier alpha value is -1.89. The van der Waals surface area contributed by atoms with Crippen LogP contribution in [0, 0.1) is 19.8 Å². The molecule has 1 aliphatic rings. The van der Waals surface area contributed by atoms with Gasteiger partial charge in [-0.05, 0) is 69.0 Å². The second kappa shape index (κ2) is 8.86. The van der Waals surface area contributed by atoms with E-state index in [9.17, 15) is 13.2 Å². The molecule has 1 aliphatic heterocycles. The van der Waals surface area contributed by atoms with E-state index in [0.717, 1.165) is 11.1 Å². The smallest absolute Gasteiger partial charge is 0.243 e. The molecular formula is C22H27ClN2O3S. The number of carbonyl (C=O) groups is 1. The van der Waals surface area contributed by atoms with E-state index in [0.29, 0.717) is 24.4 Å². The molecule has 0 saturated carbocycles. The molecule has 2 aromatic rings. The highest BCUT2D eigenvalue weighted by atomic mass is 35.5. The van der Waals surface area contributed by atoms with Crippen molar-refractivity contribution in [2.75, 3.05) is 13.1 Å². The van der Waals surface area contributed by atoms with E-state index in [-0.39, 0.29) is 29.3 Å². The van der Waals surface area contributed by atoms with Gasteiger partial charge in [0.25, 0.3) is 0 Å². The lowest BCUT2D eigenvalue weighted by atomic mass is 9.96. The average Bonchev–Trinajstić information content (AvgIpc) is 2.68. The second-order valence-corrected chi connectivity index (χ2v) is 10.1. The maximum atomic E-state index is 12.9. The molecule has 0 aromatic heterocycles. The van der Waals surface area contributed by atoms with Gasteiger partial charge in [-0.3, -0.25) is 4.79 Å². The standard InChI is InChI=1S/C22H27ClN2O3S/c1-15-6-11-21(16(2)13-15)17(3)24-22(26)18-5-4-12-25(14-18)29(27,28)20-9-7-19(23)8-10-20/h6-11,13,17-18H,4-5,12,14H2,1-3H3,(H,24,26)/t17-,18-/m0/s1. The van der Waals surface area contributed by atoms with Gasteiger partial charge in [0, 0.05) is 18.1 Å². The molecule has 0 spiro atoms. The van der Waals surface area contributed by atoms with Crippen LogP contribution >= 0.6 is 11.6 Å². The first-order chi connectivity index (χ1) is 13.7. The molecule has 0 radical (unpaired) electrons. The molecule has 5 nitrogen and oxygen atoms in total. The fourth-order valence-corrected chi connectivity index (χ4v) is 5.50. The van der Waals surface area contributed by atoms with Crippen LogP contribution in [0.25, 0.3) is 0 Å². The molecule has 1 heterocycles. The van der Waals surface area contributed by atoms with Crippen LogP contribution in [-0.2, 0) is 14.8 Å². The largest absolute Gasteiger partial charge is 0.349 e. The Morgan fingerprint density at radius 1 is 1.17 bits per heavy atom. The summed E-state index contributed by atoms with van der Waals surface area (Å²) in [5.41, 5.74) is 3.39. The summed E-state index contributed by atoms with van der Waals surface area (Å²) >= 11 is 5.87. The van der Waals surface area contributed by atoms with Crippen molar-refractivity contribution in [3.63, 3.8) is 0 Å². The second-order valence-electron chi connectivity index (χ2n) is 7.75. The number of benzene rings is 2. The minimum atomic E-state index is -3.64. The number of hydrogen-bond donors (Lipinski definition) is 1. The summed E-state index contributed by atoms with van der Waals surface area (Å²) in [4.78, 5) is 13.1. The number of amides is 1. The SMILES string of the molecule is Cc1ccc([C@H](C)NC(=O)[C@H]2CCCN(S(=O)(=O)c3ccc(Cl)cc3)C2)c(C)c1. The van der Waals surface area contributed by atoms with E-state index in [4.69, 9.17) is 11.6 Å². The number of aryl methyl sites for hydroxylation is 2. The van der Waals surface area contributed by atoms with E-state index in [1.54, 1.807) is 12.1 Å². The van der Waals surface area contributed by atoms with Gasteiger partial charge in [-0.25, -0.2) is 8.42 Å². The summed E-state index contributed by atoms with van der Waals surface area (Å²) in [6.45, 7) is 6.64. The highest BCUT2D eigenvalue weighted by molar-refractivity contribution is 7.89. The molecule has 0 aliphatic carbocycles. The molecule has 1 amide bonds. The van der Waals surface area contributed by atoms with Crippen LogP contribution in [0.4, 0.5) is 0 Å². The molecule has 2 aromatic carbocycles. The zero-order valence-corrected chi connectivity index (χ0v) is 18.6. The number of piperidine rings is 1. The fourth-order valence-electron chi connectivity index (χ4n) is 3.85. The van der Waals surface area contributed by atoms with Gasteiger partial charge in [0.15, 0.2) is 0 Å². The van der Waals surface area contributed by atoms with Gasteiger partial charge < -0.3 is 5.32 Å². The summed E-state index contributed by atoms with van der Waals surface area (Å²) in [6, 6.07) is 12.2. The van der Waals surface area contributed by atoms with Crippen LogP contribution in [-0.4, -0.2) is 31.7 Å². The van der Waals surface area contributed by atoms with Gasteiger partial charge in [0.05, 0.1) is 16.9 Å². The van der Waals surface area contributed by atoms with Gasteiger partial charge in [0.1, 0.15) is 0 Å². The fraction of sp³-hybridized carbons (Fsp3) is 0.409. The predicted molar refractivity (Wildman–Crippen MR) is 115 cm³/mol. The van der Waals surface area contributed by atoms with Crippen molar-refractivity contribution in [1.82, 2.24) is 9.62 Å². The minimum Gasteiger partial charge on any atom is -0.349 e. The lowest BCUT2D eigenvalue weighted by Crippen LogP contribution is -2.45. The van der Waals surface area contributed by atoms with E-state index >= 15 is 0 Å². The summed E-state index contributed by atoms with van der Waals surface area (Å²) in [5, 5.41) is 3.55. The zero-order chi connectivity index (χ0) is 21.2. The highest BCUT2D eigenvalue weighted by Crippen LogP contribution is 2.26. The summed E-state index contributed by atoms with van der Waals surface area (Å²) in [7, 11) is -3.64. The molecular weight excluding hydrogens is 408 g/mol. The summed E-state index contributed by atoms with van der Waals surface area (Å²) in [5.74, 6) is -0.465. The Morgan fingerprint density at radius 2 is 1.86 bits per heavy atom. The van der Waals surface area contributed by atoms with Gasteiger partial charge >= 0.3 is 0 Å². The summed E-state index contributed by atoms with van der Waals surface area (Å²) in [6.07, 6.45) is 1.33. The zero-order valence-electron chi connectivity index (χ0n) is 17.0. The third-order valence-corrected chi connectivity index (χ3v) is 7.59. The molecule has 2 atom stereocenters. The molecule has 1 saturated heterocycles. The Bertz CT molecular complexity index is 990. The molecule has 0 bridgehead atoms.